The molecule has 1 aromatic rings. The maximum Gasteiger partial charge on any atom is 0.116 e. The first kappa shape index (κ1) is 14.0. The van der Waals surface area contributed by atoms with Gasteiger partial charge in [-0.1, -0.05) is 6.07 Å². The average molecular weight is 258 g/mol. The first-order valence-electron chi connectivity index (χ1n) is 6.75. The van der Waals surface area contributed by atoms with Gasteiger partial charge in [-0.25, -0.2) is 0 Å². The summed E-state index contributed by atoms with van der Waals surface area (Å²) >= 11 is 0. The lowest BCUT2D eigenvalue weighted by Gasteiger charge is -2.35. The molecule has 0 aliphatic carbocycles. The molecule has 3 heteroatoms. The van der Waals surface area contributed by atoms with Gasteiger partial charge in [0.2, 0.25) is 0 Å². The topological polar surface area (TPSA) is 45.0 Å². The van der Waals surface area contributed by atoms with Crippen LogP contribution in [0.1, 0.15) is 27.8 Å². The molecular formula is C16H22N2O. The maximum absolute atomic E-state index is 9.16. The summed E-state index contributed by atoms with van der Waals surface area (Å²) in [7, 11) is 0. The number of rotatable bonds is 4. The molecule has 1 aliphatic rings. The van der Waals surface area contributed by atoms with Crippen molar-refractivity contribution in [1.82, 2.24) is 5.32 Å². The summed E-state index contributed by atoms with van der Waals surface area (Å²) in [4.78, 5) is 0. The normalized spacial score (nSPS) is 16.8. The summed E-state index contributed by atoms with van der Waals surface area (Å²) in [5, 5.41) is 12.6. The van der Waals surface area contributed by atoms with Crippen LogP contribution < -0.4 is 5.32 Å². The molecule has 0 amide bonds. The van der Waals surface area contributed by atoms with Crippen molar-refractivity contribution in [3.8, 4) is 6.07 Å². The largest absolute Gasteiger partial charge is 0.378 e. The second kappa shape index (κ2) is 5.32. The van der Waals surface area contributed by atoms with Gasteiger partial charge in [0, 0.05) is 13.1 Å². The SMILES string of the molecule is Cc1cc(C)c(C)c(CNCC2(C#N)COC2)c1C. The summed E-state index contributed by atoms with van der Waals surface area (Å²) in [6, 6.07) is 4.61. The molecule has 1 aliphatic heterocycles. The smallest absolute Gasteiger partial charge is 0.116 e. The Hall–Kier alpha value is -1.37. The summed E-state index contributed by atoms with van der Waals surface area (Å²) in [6.07, 6.45) is 0. The number of nitrogens with one attached hydrogen (secondary N) is 1. The predicted molar refractivity (Wildman–Crippen MR) is 76.0 cm³/mol. The Morgan fingerprint density at radius 3 is 2.21 bits per heavy atom. The second-order valence-corrected chi connectivity index (χ2v) is 5.73. The number of nitriles is 1. The quantitative estimate of drug-likeness (QED) is 0.902. The number of hydrogen-bond donors (Lipinski definition) is 1. The molecule has 3 nitrogen and oxygen atoms in total. The maximum atomic E-state index is 9.16. The van der Waals surface area contributed by atoms with Crippen molar-refractivity contribution < 1.29 is 4.74 Å². The van der Waals surface area contributed by atoms with Crippen LogP contribution in [0, 0.1) is 44.4 Å². The second-order valence-electron chi connectivity index (χ2n) is 5.73. The molecule has 19 heavy (non-hydrogen) atoms. The van der Waals surface area contributed by atoms with E-state index < -0.39 is 0 Å². The highest BCUT2D eigenvalue weighted by molar-refractivity contribution is 5.43. The van der Waals surface area contributed by atoms with Gasteiger partial charge in [-0.05, 0) is 55.5 Å². The molecule has 0 radical (unpaired) electrons. The molecular weight excluding hydrogens is 236 g/mol. The van der Waals surface area contributed by atoms with E-state index in [1.165, 1.54) is 27.8 Å². The monoisotopic (exact) mass is 258 g/mol. The molecule has 0 unspecified atom stereocenters. The Balaban J connectivity index is 2.06. The molecule has 0 aromatic heterocycles. The Morgan fingerprint density at radius 1 is 1.21 bits per heavy atom. The highest BCUT2D eigenvalue weighted by Crippen LogP contribution is 2.26. The lowest BCUT2D eigenvalue weighted by molar-refractivity contribution is -0.0755. The summed E-state index contributed by atoms with van der Waals surface area (Å²) in [6.45, 7) is 11.3. The third kappa shape index (κ3) is 2.65. The highest BCUT2D eigenvalue weighted by atomic mass is 16.5. The van der Waals surface area contributed by atoms with Crippen LogP contribution >= 0.6 is 0 Å². The molecule has 2 rings (SSSR count). The van der Waals surface area contributed by atoms with Gasteiger partial charge in [-0.3, -0.25) is 0 Å². The Bertz CT molecular complexity index is 498. The van der Waals surface area contributed by atoms with E-state index in [1.54, 1.807) is 0 Å². The first-order valence-corrected chi connectivity index (χ1v) is 6.75. The molecule has 0 atom stereocenters. The van der Waals surface area contributed by atoms with Crippen LogP contribution in [0.5, 0.6) is 0 Å². The van der Waals surface area contributed by atoms with E-state index in [0.717, 1.165) is 6.54 Å². The molecule has 1 heterocycles. The fourth-order valence-electron chi connectivity index (χ4n) is 2.55. The Labute approximate surface area is 115 Å². The molecule has 1 N–H and O–H groups in total. The molecule has 102 valence electrons. The minimum absolute atomic E-state index is 0.305. The molecule has 1 fully saturated rings. The minimum atomic E-state index is -0.305. The van der Waals surface area contributed by atoms with E-state index in [4.69, 9.17) is 10.00 Å². The van der Waals surface area contributed by atoms with E-state index in [0.29, 0.717) is 19.8 Å². The van der Waals surface area contributed by atoms with E-state index in [9.17, 15) is 0 Å². The zero-order valence-corrected chi connectivity index (χ0v) is 12.3. The van der Waals surface area contributed by atoms with Crippen molar-refractivity contribution in [1.29, 1.82) is 5.26 Å². The van der Waals surface area contributed by atoms with Gasteiger partial charge in [-0.15, -0.1) is 0 Å². The third-order valence-corrected chi connectivity index (χ3v) is 4.28. The van der Waals surface area contributed by atoms with Crippen LogP contribution in [-0.2, 0) is 11.3 Å². The van der Waals surface area contributed by atoms with Gasteiger partial charge in [0.15, 0.2) is 0 Å². The Morgan fingerprint density at radius 2 is 1.79 bits per heavy atom. The van der Waals surface area contributed by atoms with Crippen LogP contribution in [0.25, 0.3) is 0 Å². The van der Waals surface area contributed by atoms with Gasteiger partial charge in [0.25, 0.3) is 0 Å². The minimum Gasteiger partial charge on any atom is -0.378 e. The van der Waals surface area contributed by atoms with Gasteiger partial charge in [0.1, 0.15) is 5.41 Å². The van der Waals surface area contributed by atoms with E-state index in [-0.39, 0.29) is 5.41 Å². The summed E-state index contributed by atoms with van der Waals surface area (Å²) in [5.41, 5.74) is 6.44. The molecule has 1 aromatic carbocycles. The standard InChI is InChI=1S/C16H22N2O/c1-11-5-12(2)14(4)15(13(11)3)6-18-8-16(7-17)9-19-10-16/h5,18H,6,8-10H2,1-4H3. The molecule has 0 bridgehead atoms. The van der Waals surface area contributed by atoms with Crippen LogP contribution in [0.4, 0.5) is 0 Å². The zero-order valence-electron chi connectivity index (χ0n) is 12.3. The first-order chi connectivity index (χ1) is 8.99. The lowest BCUT2D eigenvalue weighted by atomic mass is 9.87. The fraction of sp³-hybridized carbons (Fsp3) is 0.562. The van der Waals surface area contributed by atoms with Crippen LogP contribution in [-0.4, -0.2) is 19.8 Å². The van der Waals surface area contributed by atoms with Crippen molar-refractivity contribution >= 4 is 0 Å². The van der Waals surface area contributed by atoms with Crippen molar-refractivity contribution in [2.24, 2.45) is 5.41 Å². The van der Waals surface area contributed by atoms with E-state index in [2.05, 4.69) is 45.1 Å². The summed E-state index contributed by atoms with van der Waals surface area (Å²) in [5.74, 6) is 0. The van der Waals surface area contributed by atoms with Crippen LogP contribution in [0.2, 0.25) is 0 Å². The highest BCUT2D eigenvalue weighted by Gasteiger charge is 2.38. The van der Waals surface area contributed by atoms with Crippen LogP contribution in [0.3, 0.4) is 0 Å². The van der Waals surface area contributed by atoms with E-state index in [1.807, 2.05) is 0 Å². The van der Waals surface area contributed by atoms with Gasteiger partial charge >= 0.3 is 0 Å². The van der Waals surface area contributed by atoms with Crippen LogP contribution in [0.15, 0.2) is 6.07 Å². The van der Waals surface area contributed by atoms with Crippen molar-refractivity contribution in [2.45, 2.75) is 34.2 Å². The average Bonchev–Trinajstić information content (AvgIpc) is 2.34. The molecule has 1 saturated heterocycles. The predicted octanol–water partition coefficient (Wildman–Crippen LogP) is 2.55. The number of nitrogens with zero attached hydrogens (tertiary/aromatic N) is 1. The zero-order chi connectivity index (χ0) is 14.0. The number of aryl methyl sites for hydroxylation is 2. The van der Waals surface area contributed by atoms with Gasteiger partial charge in [-0.2, -0.15) is 5.26 Å². The van der Waals surface area contributed by atoms with Gasteiger partial charge < -0.3 is 10.1 Å². The van der Waals surface area contributed by atoms with Crippen molar-refractivity contribution in [3.63, 3.8) is 0 Å². The molecule has 0 saturated carbocycles. The molecule has 0 spiro atoms. The summed E-state index contributed by atoms with van der Waals surface area (Å²) < 4.78 is 5.16. The van der Waals surface area contributed by atoms with Gasteiger partial charge in [0.05, 0.1) is 19.3 Å². The number of hydrogen-bond acceptors (Lipinski definition) is 3. The third-order valence-electron chi connectivity index (χ3n) is 4.28. The fourth-order valence-corrected chi connectivity index (χ4v) is 2.55. The number of ether oxygens (including phenoxy) is 1. The van der Waals surface area contributed by atoms with Crippen molar-refractivity contribution in [2.75, 3.05) is 19.8 Å². The Kier molecular flexibility index (Phi) is 3.93. The van der Waals surface area contributed by atoms with E-state index >= 15 is 0 Å². The van der Waals surface area contributed by atoms with Crippen molar-refractivity contribution in [3.05, 3.63) is 33.9 Å². The number of benzene rings is 1. The lowest BCUT2D eigenvalue weighted by Crippen LogP contribution is -2.48.